The molecule has 2 aromatic carbocycles. The molecule has 0 fully saturated rings. The molecule has 0 aromatic heterocycles. The molecule has 20 heavy (non-hydrogen) atoms. The molecule has 0 N–H and O–H groups in total. The Kier molecular flexibility index (Phi) is 3.99. The largest absolute Gasteiger partial charge is 0.416 e. The number of alkyl halides is 5. The standard InChI is InChI=1S/C14H8ClF5/c15-12-6-3-9(13(16)17)7-11(12)8-1-4-10(5-2-8)14(18,19)20/h1-7,13H. The molecule has 0 aliphatic heterocycles. The van der Waals surface area contributed by atoms with Gasteiger partial charge in [0.2, 0.25) is 0 Å². The van der Waals surface area contributed by atoms with E-state index in [9.17, 15) is 22.0 Å². The minimum Gasteiger partial charge on any atom is -0.205 e. The van der Waals surface area contributed by atoms with Crippen molar-refractivity contribution < 1.29 is 22.0 Å². The third-order valence-corrected chi connectivity index (χ3v) is 3.10. The monoisotopic (exact) mass is 306 g/mol. The van der Waals surface area contributed by atoms with Crippen LogP contribution in [0.15, 0.2) is 42.5 Å². The van der Waals surface area contributed by atoms with E-state index in [0.29, 0.717) is 5.56 Å². The van der Waals surface area contributed by atoms with Gasteiger partial charge in [0.15, 0.2) is 0 Å². The van der Waals surface area contributed by atoms with E-state index in [1.807, 2.05) is 0 Å². The molecule has 0 aliphatic carbocycles. The summed E-state index contributed by atoms with van der Waals surface area (Å²) in [5.41, 5.74) is -0.407. The average Bonchev–Trinajstić information content (AvgIpc) is 2.38. The lowest BCUT2D eigenvalue weighted by atomic mass is 10.0. The van der Waals surface area contributed by atoms with Crippen LogP contribution in [0.25, 0.3) is 11.1 Å². The van der Waals surface area contributed by atoms with E-state index in [1.165, 1.54) is 30.3 Å². The van der Waals surface area contributed by atoms with Gasteiger partial charge >= 0.3 is 6.18 Å². The maximum atomic E-state index is 12.6. The Morgan fingerprint density at radius 3 is 2.00 bits per heavy atom. The first kappa shape index (κ1) is 14.8. The Labute approximate surface area is 116 Å². The number of halogens is 6. The molecule has 0 saturated heterocycles. The van der Waals surface area contributed by atoms with Crippen molar-refractivity contribution in [2.75, 3.05) is 0 Å². The molecule has 0 saturated carbocycles. The first-order valence-electron chi connectivity index (χ1n) is 5.54. The van der Waals surface area contributed by atoms with Crippen LogP contribution in [0, 0.1) is 0 Å². The predicted octanol–water partition coefficient (Wildman–Crippen LogP) is 5.96. The molecule has 0 atom stereocenters. The molecular weight excluding hydrogens is 299 g/mol. The Morgan fingerprint density at radius 2 is 1.50 bits per heavy atom. The number of benzene rings is 2. The molecule has 2 rings (SSSR count). The molecule has 0 bridgehead atoms. The van der Waals surface area contributed by atoms with Gasteiger partial charge in [0.1, 0.15) is 0 Å². The van der Waals surface area contributed by atoms with Crippen molar-refractivity contribution in [2.24, 2.45) is 0 Å². The average molecular weight is 307 g/mol. The fourth-order valence-electron chi connectivity index (χ4n) is 1.74. The third kappa shape index (κ3) is 3.10. The van der Waals surface area contributed by atoms with Crippen molar-refractivity contribution in [3.8, 4) is 11.1 Å². The van der Waals surface area contributed by atoms with Gasteiger partial charge in [-0.15, -0.1) is 0 Å². The number of hydrogen-bond acceptors (Lipinski definition) is 0. The molecule has 0 heterocycles. The van der Waals surface area contributed by atoms with Crippen LogP contribution in [0.1, 0.15) is 17.6 Å². The van der Waals surface area contributed by atoms with E-state index in [-0.39, 0.29) is 16.1 Å². The van der Waals surface area contributed by atoms with Gasteiger partial charge < -0.3 is 0 Å². The van der Waals surface area contributed by atoms with Crippen LogP contribution in [-0.4, -0.2) is 0 Å². The van der Waals surface area contributed by atoms with Crippen molar-refractivity contribution in [1.29, 1.82) is 0 Å². The lowest BCUT2D eigenvalue weighted by molar-refractivity contribution is -0.137. The Hall–Kier alpha value is -1.62. The quantitative estimate of drug-likeness (QED) is 0.600. The zero-order valence-corrected chi connectivity index (χ0v) is 10.6. The van der Waals surface area contributed by atoms with Crippen molar-refractivity contribution in [1.82, 2.24) is 0 Å². The molecule has 0 amide bonds. The van der Waals surface area contributed by atoms with Crippen LogP contribution >= 0.6 is 11.6 Å². The van der Waals surface area contributed by atoms with Gasteiger partial charge in [0.05, 0.1) is 5.56 Å². The van der Waals surface area contributed by atoms with Crippen LogP contribution in [0.4, 0.5) is 22.0 Å². The Bertz CT molecular complexity index is 602. The summed E-state index contributed by atoms with van der Waals surface area (Å²) in [6, 6.07) is 7.85. The van der Waals surface area contributed by atoms with Gasteiger partial charge in [0.25, 0.3) is 6.43 Å². The second kappa shape index (κ2) is 5.40. The second-order valence-corrected chi connectivity index (χ2v) is 4.52. The van der Waals surface area contributed by atoms with E-state index in [4.69, 9.17) is 11.6 Å². The van der Waals surface area contributed by atoms with Crippen LogP contribution in [0.3, 0.4) is 0 Å². The van der Waals surface area contributed by atoms with Crippen molar-refractivity contribution in [2.45, 2.75) is 12.6 Å². The van der Waals surface area contributed by atoms with Gasteiger partial charge in [0, 0.05) is 16.1 Å². The molecule has 2 aromatic rings. The van der Waals surface area contributed by atoms with Crippen LogP contribution < -0.4 is 0 Å². The number of hydrogen-bond donors (Lipinski definition) is 0. The Balaban J connectivity index is 2.44. The first-order valence-corrected chi connectivity index (χ1v) is 5.92. The summed E-state index contributed by atoms with van der Waals surface area (Å²) in [7, 11) is 0. The maximum Gasteiger partial charge on any atom is 0.416 e. The normalized spacial score (nSPS) is 11.9. The molecule has 0 unspecified atom stereocenters. The summed E-state index contributed by atoms with van der Waals surface area (Å²) in [6.45, 7) is 0. The van der Waals surface area contributed by atoms with Crippen molar-refractivity contribution in [3.63, 3.8) is 0 Å². The van der Waals surface area contributed by atoms with E-state index < -0.39 is 18.2 Å². The van der Waals surface area contributed by atoms with E-state index in [1.54, 1.807) is 0 Å². The summed E-state index contributed by atoms with van der Waals surface area (Å²) in [5.74, 6) is 0. The number of rotatable bonds is 2. The highest BCUT2D eigenvalue weighted by Gasteiger charge is 2.30. The molecule has 6 heteroatoms. The lowest BCUT2D eigenvalue weighted by Gasteiger charge is -2.10. The molecule has 106 valence electrons. The summed E-state index contributed by atoms with van der Waals surface area (Å²) < 4.78 is 62.6. The summed E-state index contributed by atoms with van der Waals surface area (Å²) in [4.78, 5) is 0. The molecular formula is C14H8ClF5. The minimum atomic E-state index is -4.44. The Morgan fingerprint density at radius 1 is 0.900 bits per heavy atom. The van der Waals surface area contributed by atoms with E-state index >= 15 is 0 Å². The molecule has 0 nitrogen and oxygen atoms in total. The highest BCUT2D eigenvalue weighted by molar-refractivity contribution is 6.33. The fourth-order valence-corrected chi connectivity index (χ4v) is 1.97. The van der Waals surface area contributed by atoms with Gasteiger partial charge in [-0.1, -0.05) is 29.8 Å². The van der Waals surface area contributed by atoms with Crippen LogP contribution in [0.5, 0.6) is 0 Å². The SMILES string of the molecule is FC(F)c1ccc(Cl)c(-c2ccc(C(F)(F)F)cc2)c1. The van der Waals surface area contributed by atoms with Crippen LogP contribution in [-0.2, 0) is 6.18 Å². The molecule has 0 radical (unpaired) electrons. The summed E-state index contributed by atoms with van der Waals surface area (Å²) >= 11 is 5.90. The summed E-state index contributed by atoms with van der Waals surface area (Å²) in [5, 5.41) is 0.203. The van der Waals surface area contributed by atoms with Crippen molar-refractivity contribution >= 4 is 11.6 Å². The van der Waals surface area contributed by atoms with Gasteiger partial charge in [-0.25, -0.2) is 8.78 Å². The predicted molar refractivity (Wildman–Crippen MR) is 66.8 cm³/mol. The summed E-state index contributed by atoms with van der Waals surface area (Å²) in [6.07, 6.45) is -7.10. The zero-order valence-electron chi connectivity index (χ0n) is 9.89. The minimum absolute atomic E-state index is 0.203. The first-order chi connectivity index (χ1) is 9.29. The zero-order chi connectivity index (χ0) is 14.9. The highest BCUT2D eigenvalue weighted by atomic mass is 35.5. The molecule has 0 spiro atoms. The highest BCUT2D eigenvalue weighted by Crippen LogP contribution is 2.34. The van der Waals surface area contributed by atoms with Crippen molar-refractivity contribution in [3.05, 3.63) is 58.6 Å². The van der Waals surface area contributed by atoms with E-state index in [2.05, 4.69) is 0 Å². The van der Waals surface area contributed by atoms with Crippen LogP contribution in [0.2, 0.25) is 5.02 Å². The van der Waals surface area contributed by atoms with Gasteiger partial charge in [-0.2, -0.15) is 13.2 Å². The fraction of sp³-hybridized carbons (Fsp3) is 0.143. The second-order valence-electron chi connectivity index (χ2n) is 4.12. The topological polar surface area (TPSA) is 0 Å². The van der Waals surface area contributed by atoms with Gasteiger partial charge in [-0.3, -0.25) is 0 Å². The van der Waals surface area contributed by atoms with Gasteiger partial charge in [-0.05, 0) is 29.8 Å². The maximum absolute atomic E-state index is 12.6. The third-order valence-electron chi connectivity index (χ3n) is 2.77. The van der Waals surface area contributed by atoms with E-state index in [0.717, 1.165) is 12.1 Å². The molecule has 0 aliphatic rings. The smallest absolute Gasteiger partial charge is 0.205 e. The lowest BCUT2D eigenvalue weighted by Crippen LogP contribution is -2.04.